The van der Waals surface area contributed by atoms with Crippen molar-refractivity contribution in [2.75, 3.05) is 0 Å². The van der Waals surface area contributed by atoms with E-state index in [2.05, 4.69) is 0 Å². The molecule has 1 aliphatic carbocycles. The molecule has 1 fully saturated rings. The van der Waals surface area contributed by atoms with Gasteiger partial charge >= 0.3 is 11.9 Å². The molecule has 5 heteroatoms. The lowest BCUT2D eigenvalue weighted by atomic mass is 9.87. The molecular weight excluding hydrogens is 332 g/mol. The Kier molecular flexibility index (Phi) is 5.26. The molecule has 0 amide bonds. The van der Waals surface area contributed by atoms with Gasteiger partial charge in [0, 0.05) is 5.92 Å². The minimum atomic E-state index is -0.746. The Morgan fingerprint density at radius 2 is 2.00 bits per heavy atom. The molecule has 1 aromatic rings. The van der Waals surface area contributed by atoms with Gasteiger partial charge in [-0.15, -0.1) is 0 Å². The van der Waals surface area contributed by atoms with E-state index in [1.165, 1.54) is 0 Å². The maximum absolute atomic E-state index is 12.0. The van der Waals surface area contributed by atoms with Crippen LogP contribution >= 0.6 is 0 Å². The number of rotatable bonds is 6. The Bertz CT molecular complexity index is 684. The van der Waals surface area contributed by atoms with Crippen LogP contribution in [0.2, 0.25) is 0 Å². The van der Waals surface area contributed by atoms with E-state index in [1.807, 2.05) is 39.0 Å². The number of hydrogen-bond acceptors (Lipinski definition) is 4. The lowest BCUT2D eigenvalue weighted by Crippen LogP contribution is -2.33. The lowest BCUT2D eigenvalue weighted by molar-refractivity contribution is -0.154. The van der Waals surface area contributed by atoms with Crippen LogP contribution in [-0.2, 0) is 27.2 Å². The summed E-state index contributed by atoms with van der Waals surface area (Å²) in [4.78, 5) is 23.2. The summed E-state index contributed by atoms with van der Waals surface area (Å²) in [6.45, 7) is 5.58. The monoisotopic (exact) mass is 360 g/mol. The van der Waals surface area contributed by atoms with Gasteiger partial charge in [-0.1, -0.05) is 12.1 Å². The molecule has 2 atom stereocenters. The molecule has 1 aromatic carbocycles. The van der Waals surface area contributed by atoms with Gasteiger partial charge in [-0.3, -0.25) is 9.59 Å². The number of carboxylic acids is 1. The molecule has 2 aliphatic rings. The predicted molar refractivity (Wildman–Crippen MR) is 97.2 cm³/mol. The van der Waals surface area contributed by atoms with Crippen molar-refractivity contribution in [3.05, 3.63) is 29.3 Å². The van der Waals surface area contributed by atoms with E-state index in [1.54, 1.807) is 0 Å². The highest BCUT2D eigenvalue weighted by Crippen LogP contribution is 2.44. The molecule has 1 saturated carbocycles. The van der Waals surface area contributed by atoms with Crippen molar-refractivity contribution < 1.29 is 24.2 Å². The average molecular weight is 360 g/mol. The number of fused-ring (bicyclic) bond motifs is 1. The summed E-state index contributed by atoms with van der Waals surface area (Å²) in [6.07, 6.45) is 4.31. The third-order valence-corrected chi connectivity index (χ3v) is 4.99. The summed E-state index contributed by atoms with van der Waals surface area (Å²) in [5.74, 6) is 0.433. The standard InChI is InChI=1S/C21H28O5/c1-21(2,3)26-20(24)11-13-4-8-17-15(10-13)7-9-18(25-17)16(12-19(22)23)14-5-6-14/h4,8,10,14,16,18H,5-7,9,11-12H2,1-3H3,(H,22,23)/t16-,18+/m0/s1. The van der Waals surface area contributed by atoms with Crippen LogP contribution in [0.1, 0.15) is 57.6 Å². The number of ether oxygens (including phenoxy) is 2. The third kappa shape index (κ3) is 4.99. The maximum atomic E-state index is 12.0. The van der Waals surface area contributed by atoms with Crippen molar-refractivity contribution in [3.8, 4) is 5.75 Å². The zero-order valence-electron chi connectivity index (χ0n) is 15.8. The van der Waals surface area contributed by atoms with Crippen molar-refractivity contribution in [2.24, 2.45) is 11.8 Å². The number of carboxylic acid groups (broad SMARTS) is 1. The summed E-state index contributed by atoms with van der Waals surface area (Å²) in [6, 6.07) is 5.82. The second kappa shape index (κ2) is 7.29. The Labute approximate surface area is 154 Å². The molecule has 0 bridgehead atoms. The van der Waals surface area contributed by atoms with Gasteiger partial charge in [0.1, 0.15) is 17.5 Å². The van der Waals surface area contributed by atoms with Crippen LogP contribution in [0.3, 0.4) is 0 Å². The van der Waals surface area contributed by atoms with Gasteiger partial charge in [0.25, 0.3) is 0 Å². The Hall–Kier alpha value is -2.04. The number of carbonyl (C=O) groups is 2. The van der Waals surface area contributed by atoms with E-state index < -0.39 is 11.6 Å². The van der Waals surface area contributed by atoms with Crippen LogP contribution in [0.15, 0.2) is 18.2 Å². The van der Waals surface area contributed by atoms with E-state index in [9.17, 15) is 14.7 Å². The van der Waals surface area contributed by atoms with Crippen LogP contribution in [0.5, 0.6) is 5.75 Å². The average Bonchev–Trinajstić information content (AvgIpc) is 3.34. The van der Waals surface area contributed by atoms with Crippen LogP contribution < -0.4 is 4.74 Å². The quantitative estimate of drug-likeness (QED) is 0.782. The second-order valence-electron chi connectivity index (χ2n) is 8.50. The number of carbonyl (C=O) groups excluding carboxylic acids is 1. The summed E-state index contributed by atoms with van der Waals surface area (Å²) in [5, 5.41) is 9.19. The van der Waals surface area contributed by atoms with E-state index in [0.29, 0.717) is 5.92 Å². The number of benzene rings is 1. The van der Waals surface area contributed by atoms with Crippen LogP contribution in [0.4, 0.5) is 0 Å². The van der Waals surface area contributed by atoms with Gasteiger partial charge in [0.2, 0.25) is 0 Å². The molecule has 0 spiro atoms. The molecule has 1 N–H and O–H groups in total. The third-order valence-electron chi connectivity index (χ3n) is 4.99. The highest BCUT2D eigenvalue weighted by Gasteiger charge is 2.40. The molecule has 1 aliphatic heterocycles. The topological polar surface area (TPSA) is 72.8 Å². The first kappa shape index (κ1) is 18.7. The first-order valence-corrected chi connectivity index (χ1v) is 9.43. The largest absolute Gasteiger partial charge is 0.490 e. The smallest absolute Gasteiger partial charge is 0.310 e. The maximum Gasteiger partial charge on any atom is 0.310 e. The summed E-state index contributed by atoms with van der Waals surface area (Å²) < 4.78 is 11.5. The predicted octanol–water partition coefficient (Wildman–Crippen LogP) is 3.77. The minimum Gasteiger partial charge on any atom is -0.490 e. The highest BCUT2D eigenvalue weighted by atomic mass is 16.6. The molecule has 1 heterocycles. The molecule has 0 saturated heterocycles. The van der Waals surface area contributed by atoms with E-state index in [-0.39, 0.29) is 30.8 Å². The second-order valence-corrected chi connectivity index (χ2v) is 8.50. The fourth-order valence-corrected chi connectivity index (χ4v) is 3.75. The normalized spacial score (nSPS) is 20.7. The number of aryl methyl sites for hydroxylation is 1. The SMILES string of the molecule is CC(C)(C)OC(=O)Cc1ccc2c(c1)CC[C@H]([C@@H](CC(=O)O)C1CC1)O2. The van der Waals surface area contributed by atoms with Gasteiger partial charge in [0.05, 0.1) is 12.8 Å². The molecule has 26 heavy (non-hydrogen) atoms. The molecule has 0 aromatic heterocycles. The highest BCUT2D eigenvalue weighted by molar-refractivity contribution is 5.73. The van der Waals surface area contributed by atoms with Gasteiger partial charge in [-0.25, -0.2) is 0 Å². The summed E-state index contributed by atoms with van der Waals surface area (Å²) in [5.41, 5.74) is 1.53. The van der Waals surface area contributed by atoms with E-state index in [4.69, 9.17) is 9.47 Å². The van der Waals surface area contributed by atoms with Gasteiger partial charge in [0.15, 0.2) is 0 Å². The molecule has 5 nitrogen and oxygen atoms in total. The number of hydrogen-bond donors (Lipinski definition) is 1. The summed E-state index contributed by atoms with van der Waals surface area (Å²) in [7, 11) is 0. The van der Waals surface area contributed by atoms with E-state index in [0.717, 1.165) is 42.6 Å². The fourth-order valence-electron chi connectivity index (χ4n) is 3.75. The molecule has 142 valence electrons. The van der Waals surface area contributed by atoms with Crippen LogP contribution in [-0.4, -0.2) is 28.8 Å². The zero-order valence-corrected chi connectivity index (χ0v) is 15.8. The van der Waals surface area contributed by atoms with Crippen molar-refractivity contribution in [2.45, 2.75) is 71.0 Å². The van der Waals surface area contributed by atoms with Crippen molar-refractivity contribution >= 4 is 11.9 Å². The minimum absolute atomic E-state index is 0.0252. The first-order valence-electron chi connectivity index (χ1n) is 9.43. The lowest BCUT2D eigenvalue weighted by Gasteiger charge is -2.32. The van der Waals surface area contributed by atoms with Crippen molar-refractivity contribution in [1.82, 2.24) is 0 Å². The van der Waals surface area contributed by atoms with E-state index >= 15 is 0 Å². The van der Waals surface area contributed by atoms with Gasteiger partial charge in [-0.2, -0.15) is 0 Å². The Balaban J connectivity index is 1.65. The zero-order chi connectivity index (χ0) is 18.9. The molecule has 0 radical (unpaired) electrons. The molecule has 3 rings (SSSR count). The Morgan fingerprint density at radius 1 is 1.27 bits per heavy atom. The van der Waals surface area contributed by atoms with Crippen molar-refractivity contribution in [3.63, 3.8) is 0 Å². The summed E-state index contributed by atoms with van der Waals surface area (Å²) >= 11 is 0. The van der Waals surface area contributed by atoms with Crippen LogP contribution in [0, 0.1) is 11.8 Å². The van der Waals surface area contributed by atoms with Gasteiger partial charge in [-0.05, 0) is 69.6 Å². The van der Waals surface area contributed by atoms with Crippen molar-refractivity contribution in [1.29, 1.82) is 0 Å². The first-order chi connectivity index (χ1) is 12.2. The van der Waals surface area contributed by atoms with Crippen LogP contribution in [0.25, 0.3) is 0 Å². The van der Waals surface area contributed by atoms with Gasteiger partial charge < -0.3 is 14.6 Å². The molecule has 0 unspecified atom stereocenters. The number of aliphatic carboxylic acids is 1. The fraction of sp³-hybridized carbons (Fsp3) is 0.619. The molecular formula is C21H28O5. The Morgan fingerprint density at radius 3 is 2.62 bits per heavy atom. The number of esters is 1.